The molecule has 0 aromatic heterocycles. The van der Waals surface area contributed by atoms with Gasteiger partial charge in [0.25, 0.3) is 0 Å². The summed E-state index contributed by atoms with van der Waals surface area (Å²) in [5.41, 5.74) is -0.0424. The second kappa shape index (κ2) is 7.50. The molecule has 1 rings (SSSR count). The van der Waals surface area contributed by atoms with Crippen LogP contribution in [0.5, 0.6) is 11.5 Å². The molecule has 6 nitrogen and oxygen atoms in total. The maximum Gasteiger partial charge on any atom is 0.311 e. The van der Waals surface area contributed by atoms with E-state index in [1.807, 2.05) is 6.92 Å². The Balaban J connectivity index is 2.63. The van der Waals surface area contributed by atoms with Crippen molar-refractivity contribution in [3.8, 4) is 11.5 Å². The van der Waals surface area contributed by atoms with Gasteiger partial charge in [0.1, 0.15) is 5.75 Å². The number of hydrogen-bond acceptors (Lipinski definition) is 5. The minimum atomic E-state index is -0.459. The van der Waals surface area contributed by atoms with Gasteiger partial charge in [0.15, 0.2) is 0 Å². The van der Waals surface area contributed by atoms with E-state index in [9.17, 15) is 10.1 Å². The molecule has 0 atom stereocenters. The number of hydrogen-bond donors (Lipinski definition) is 1. The molecule has 1 aromatic rings. The Labute approximate surface area is 106 Å². The lowest BCUT2D eigenvalue weighted by atomic mass is 10.3. The average Bonchev–Trinajstić information content (AvgIpc) is 2.38. The third-order valence-corrected chi connectivity index (χ3v) is 2.37. The standard InChI is InChI=1S/C12H18N2O4/c1-3-13-7-4-8-18-12-9-10(17-2)5-6-11(12)14(15)16/h5-6,9,13H,3-4,7-8H2,1-2H3. The Bertz CT molecular complexity index is 396. The van der Waals surface area contributed by atoms with Crippen LogP contribution in [0.15, 0.2) is 18.2 Å². The predicted molar refractivity (Wildman–Crippen MR) is 68.3 cm³/mol. The van der Waals surface area contributed by atoms with Gasteiger partial charge >= 0.3 is 5.69 Å². The Kier molecular flexibility index (Phi) is 5.93. The lowest BCUT2D eigenvalue weighted by molar-refractivity contribution is -0.385. The number of nitrogens with one attached hydrogen (secondary N) is 1. The van der Waals surface area contributed by atoms with E-state index in [0.29, 0.717) is 12.4 Å². The zero-order chi connectivity index (χ0) is 13.4. The van der Waals surface area contributed by atoms with Crippen LogP contribution in [0.1, 0.15) is 13.3 Å². The Hall–Kier alpha value is -1.82. The summed E-state index contributed by atoms with van der Waals surface area (Å²) in [6.07, 6.45) is 0.794. The van der Waals surface area contributed by atoms with Crippen molar-refractivity contribution in [2.45, 2.75) is 13.3 Å². The molecule has 0 saturated carbocycles. The van der Waals surface area contributed by atoms with Crippen molar-refractivity contribution < 1.29 is 14.4 Å². The van der Waals surface area contributed by atoms with Gasteiger partial charge in [-0.25, -0.2) is 0 Å². The average molecular weight is 254 g/mol. The van der Waals surface area contributed by atoms with E-state index in [2.05, 4.69) is 5.32 Å². The molecule has 1 aromatic carbocycles. The molecule has 0 radical (unpaired) electrons. The van der Waals surface area contributed by atoms with Gasteiger partial charge in [-0.3, -0.25) is 10.1 Å². The zero-order valence-corrected chi connectivity index (χ0v) is 10.6. The van der Waals surface area contributed by atoms with Gasteiger partial charge in [-0.05, 0) is 25.6 Å². The highest BCUT2D eigenvalue weighted by atomic mass is 16.6. The summed E-state index contributed by atoms with van der Waals surface area (Å²) in [6.45, 7) is 4.18. The minimum Gasteiger partial charge on any atom is -0.497 e. The van der Waals surface area contributed by atoms with Crippen LogP contribution in [-0.2, 0) is 0 Å². The quantitative estimate of drug-likeness (QED) is 0.436. The summed E-state index contributed by atoms with van der Waals surface area (Å²) in [4.78, 5) is 10.4. The van der Waals surface area contributed by atoms with E-state index in [-0.39, 0.29) is 11.4 Å². The first-order valence-electron chi connectivity index (χ1n) is 5.85. The van der Waals surface area contributed by atoms with Crippen LogP contribution < -0.4 is 14.8 Å². The molecule has 0 heterocycles. The second-order valence-electron chi connectivity index (χ2n) is 3.65. The summed E-state index contributed by atoms with van der Waals surface area (Å²) in [6, 6.07) is 4.47. The van der Waals surface area contributed by atoms with Gasteiger partial charge < -0.3 is 14.8 Å². The first kappa shape index (κ1) is 14.2. The molecule has 0 aliphatic carbocycles. The third-order valence-electron chi connectivity index (χ3n) is 2.37. The van der Waals surface area contributed by atoms with Crippen molar-refractivity contribution in [3.63, 3.8) is 0 Å². The van der Waals surface area contributed by atoms with E-state index in [1.165, 1.54) is 19.2 Å². The monoisotopic (exact) mass is 254 g/mol. The lowest BCUT2D eigenvalue weighted by Gasteiger charge is -2.08. The molecule has 6 heteroatoms. The Morgan fingerprint density at radius 3 is 2.83 bits per heavy atom. The molecular formula is C12H18N2O4. The van der Waals surface area contributed by atoms with Crippen molar-refractivity contribution in [2.75, 3.05) is 26.8 Å². The number of nitro benzene ring substituents is 1. The Morgan fingerprint density at radius 2 is 2.22 bits per heavy atom. The largest absolute Gasteiger partial charge is 0.497 e. The van der Waals surface area contributed by atoms with Crippen molar-refractivity contribution >= 4 is 5.69 Å². The molecule has 0 aliphatic rings. The summed E-state index contributed by atoms with van der Waals surface area (Å²) in [7, 11) is 1.51. The summed E-state index contributed by atoms with van der Waals surface area (Å²) < 4.78 is 10.4. The number of nitrogens with zero attached hydrogens (tertiary/aromatic N) is 1. The number of nitro groups is 1. The van der Waals surface area contributed by atoms with E-state index >= 15 is 0 Å². The highest BCUT2D eigenvalue weighted by molar-refractivity contribution is 5.50. The van der Waals surface area contributed by atoms with Gasteiger partial charge in [-0.2, -0.15) is 0 Å². The van der Waals surface area contributed by atoms with Crippen LogP contribution >= 0.6 is 0 Å². The van der Waals surface area contributed by atoms with Crippen LogP contribution in [0.3, 0.4) is 0 Å². The third kappa shape index (κ3) is 4.21. The van der Waals surface area contributed by atoms with Crippen molar-refractivity contribution in [3.05, 3.63) is 28.3 Å². The number of methoxy groups -OCH3 is 1. The van der Waals surface area contributed by atoms with Gasteiger partial charge in [0.2, 0.25) is 5.75 Å². The van der Waals surface area contributed by atoms with Crippen molar-refractivity contribution in [2.24, 2.45) is 0 Å². The van der Waals surface area contributed by atoms with Crippen LogP contribution in [0.25, 0.3) is 0 Å². The summed E-state index contributed by atoms with van der Waals surface area (Å²) in [5, 5.41) is 14.0. The molecule has 0 saturated heterocycles. The summed E-state index contributed by atoms with van der Waals surface area (Å²) in [5.74, 6) is 0.790. The predicted octanol–water partition coefficient (Wildman–Crippen LogP) is 1.98. The number of rotatable bonds is 8. The molecule has 0 fully saturated rings. The van der Waals surface area contributed by atoms with E-state index in [4.69, 9.17) is 9.47 Å². The minimum absolute atomic E-state index is 0.0424. The van der Waals surface area contributed by atoms with Crippen LogP contribution in [-0.4, -0.2) is 31.7 Å². The topological polar surface area (TPSA) is 73.6 Å². The first-order chi connectivity index (χ1) is 8.69. The highest BCUT2D eigenvalue weighted by Crippen LogP contribution is 2.30. The fraction of sp³-hybridized carbons (Fsp3) is 0.500. The second-order valence-corrected chi connectivity index (χ2v) is 3.65. The fourth-order valence-electron chi connectivity index (χ4n) is 1.44. The van der Waals surface area contributed by atoms with Crippen LogP contribution in [0.2, 0.25) is 0 Å². The van der Waals surface area contributed by atoms with E-state index < -0.39 is 4.92 Å². The maximum atomic E-state index is 10.8. The van der Waals surface area contributed by atoms with Gasteiger partial charge in [0.05, 0.1) is 18.6 Å². The van der Waals surface area contributed by atoms with Crippen LogP contribution in [0, 0.1) is 10.1 Å². The Morgan fingerprint density at radius 1 is 1.44 bits per heavy atom. The normalized spacial score (nSPS) is 10.1. The van der Waals surface area contributed by atoms with E-state index in [0.717, 1.165) is 19.5 Å². The SMILES string of the molecule is CCNCCCOc1cc(OC)ccc1[N+](=O)[O-]. The van der Waals surface area contributed by atoms with Gasteiger partial charge in [-0.1, -0.05) is 6.92 Å². The molecular weight excluding hydrogens is 236 g/mol. The molecule has 1 N–H and O–H groups in total. The molecule has 0 unspecified atom stereocenters. The van der Waals surface area contributed by atoms with Crippen molar-refractivity contribution in [1.82, 2.24) is 5.32 Å². The van der Waals surface area contributed by atoms with E-state index in [1.54, 1.807) is 6.07 Å². The number of ether oxygens (including phenoxy) is 2. The molecule has 100 valence electrons. The van der Waals surface area contributed by atoms with Gasteiger partial charge in [0, 0.05) is 12.1 Å². The maximum absolute atomic E-state index is 10.8. The molecule has 0 spiro atoms. The summed E-state index contributed by atoms with van der Waals surface area (Å²) >= 11 is 0. The molecule has 0 aliphatic heterocycles. The first-order valence-corrected chi connectivity index (χ1v) is 5.85. The molecule has 0 amide bonds. The fourth-order valence-corrected chi connectivity index (χ4v) is 1.44. The van der Waals surface area contributed by atoms with Crippen molar-refractivity contribution in [1.29, 1.82) is 0 Å². The molecule has 18 heavy (non-hydrogen) atoms. The molecule has 0 bridgehead atoms. The zero-order valence-electron chi connectivity index (χ0n) is 10.6. The highest BCUT2D eigenvalue weighted by Gasteiger charge is 2.15. The van der Waals surface area contributed by atoms with Crippen LogP contribution in [0.4, 0.5) is 5.69 Å². The lowest BCUT2D eigenvalue weighted by Crippen LogP contribution is -2.16. The van der Waals surface area contributed by atoms with Gasteiger partial charge in [-0.15, -0.1) is 0 Å². The smallest absolute Gasteiger partial charge is 0.311 e. The number of benzene rings is 1.